The third kappa shape index (κ3) is 4.15. The maximum absolute atomic E-state index is 10.6. The Hall–Kier alpha value is 0.122. The quantitative estimate of drug-likeness (QED) is 0.782. The lowest BCUT2D eigenvalue weighted by molar-refractivity contribution is 0.00578. The molecule has 0 amide bonds. The molecule has 4 nitrogen and oxygen atoms in total. The number of aliphatic hydroxyl groups excluding tert-OH is 1. The maximum Gasteiger partial charge on any atom is 0.489 e. The van der Waals surface area contributed by atoms with Crippen LogP contribution >= 0.6 is 0 Å². The second-order valence-electron chi connectivity index (χ2n) is 9.16. The van der Waals surface area contributed by atoms with E-state index in [2.05, 4.69) is 33.9 Å². The van der Waals surface area contributed by atoms with Crippen molar-refractivity contribution in [1.82, 2.24) is 0 Å². The van der Waals surface area contributed by atoms with E-state index in [9.17, 15) is 5.11 Å². The van der Waals surface area contributed by atoms with Crippen molar-refractivity contribution in [2.45, 2.75) is 90.7 Å². The average molecular weight is 330 g/mol. The summed E-state index contributed by atoms with van der Waals surface area (Å²) in [5.41, 5.74) is -0.836. The summed E-state index contributed by atoms with van der Waals surface area (Å²) in [5.74, 6) is -0.0381. The first-order chi connectivity index (χ1) is 9.61. The zero-order valence-electron chi connectivity index (χ0n) is 16.1. The van der Waals surface area contributed by atoms with Crippen LogP contribution in [0.1, 0.15) is 55.4 Å². The van der Waals surface area contributed by atoms with Gasteiger partial charge in [0.25, 0.3) is 0 Å². The molecule has 1 fully saturated rings. The van der Waals surface area contributed by atoms with Crippen molar-refractivity contribution in [3.05, 3.63) is 0 Å². The summed E-state index contributed by atoms with van der Waals surface area (Å²) < 4.78 is 18.1. The number of hydrogen-bond donors (Lipinski definition) is 1. The van der Waals surface area contributed by atoms with Gasteiger partial charge in [-0.25, -0.2) is 0 Å². The molecule has 0 saturated carbocycles. The molecule has 22 heavy (non-hydrogen) atoms. The summed E-state index contributed by atoms with van der Waals surface area (Å²) >= 11 is 0. The van der Waals surface area contributed by atoms with Gasteiger partial charge in [-0.15, -0.1) is 0 Å². The van der Waals surface area contributed by atoms with Crippen LogP contribution in [0.25, 0.3) is 0 Å². The van der Waals surface area contributed by atoms with Crippen molar-refractivity contribution in [1.29, 1.82) is 0 Å². The first kappa shape index (κ1) is 20.2. The van der Waals surface area contributed by atoms with Crippen molar-refractivity contribution < 1.29 is 18.8 Å². The average Bonchev–Trinajstić information content (AvgIpc) is 2.53. The Morgan fingerprint density at radius 1 is 1.09 bits per heavy atom. The van der Waals surface area contributed by atoms with Crippen LogP contribution in [0.4, 0.5) is 0 Å². The summed E-state index contributed by atoms with van der Waals surface area (Å²) in [6.07, 6.45) is 0. The lowest BCUT2D eigenvalue weighted by Gasteiger charge is -2.37. The maximum atomic E-state index is 10.6. The van der Waals surface area contributed by atoms with Crippen LogP contribution in [0.3, 0.4) is 0 Å². The van der Waals surface area contributed by atoms with Crippen molar-refractivity contribution >= 4 is 15.4 Å². The number of aliphatic hydroxyl groups is 1. The fourth-order valence-corrected chi connectivity index (χ4v) is 3.06. The van der Waals surface area contributed by atoms with Gasteiger partial charge < -0.3 is 18.8 Å². The van der Waals surface area contributed by atoms with Crippen molar-refractivity contribution in [2.75, 3.05) is 6.61 Å². The van der Waals surface area contributed by atoms with Gasteiger partial charge in [-0.1, -0.05) is 27.7 Å². The molecule has 1 heterocycles. The van der Waals surface area contributed by atoms with Crippen LogP contribution in [0, 0.1) is 5.92 Å². The Labute approximate surface area is 138 Å². The van der Waals surface area contributed by atoms with E-state index in [-0.39, 0.29) is 11.0 Å². The molecule has 0 aromatic heterocycles. The molecule has 1 aliphatic heterocycles. The predicted octanol–water partition coefficient (Wildman–Crippen LogP) is 3.64. The molecule has 1 saturated heterocycles. The third-order valence-electron chi connectivity index (χ3n) is 5.65. The van der Waals surface area contributed by atoms with E-state index < -0.39 is 32.6 Å². The first-order valence-corrected chi connectivity index (χ1v) is 11.2. The lowest BCUT2D eigenvalue weighted by atomic mass is 9.74. The number of hydrogen-bond acceptors (Lipinski definition) is 4. The van der Waals surface area contributed by atoms with Gasteiger partial charge in [0.1, 0.15) is 0 Å². The Bertz CT molecular complexity index is 374. The molecule has 0 unspecified atom stereocenters. The highest BCUT2D eigenvalue weighted by molar-refractivity contribution is 6.74. The van der Waals surface area contributed by atoms with Gasteiger partial charge in [0.05, 0.1) is 17.2 Å². The molecular formula is C16H35BO4Si. The van der Waals surface area contributed by atoms with E-state index in [0.29, 0.717) is 6.61 Å². The van der Waals surface area contributed by atoms with E-state index in [0.717, 1.165) is 0 Å². The number of rotatable bonds is 5. The van der Waals surface area contributed by atoms with E-state index in [4.69, 9.17) is 13.7 Å². The standard InChI is InChI=1S/C16H35BO4Si/c1-12(11-19-22(9,10)14(2,3)4)13(18)17-20-15(5,6)16(7,8)21-17/h12-13,18H,11H2,1-10H3/t12-,13+/m1/s1. The summed E-state index contributed by atoms with van der Waals surface area (Å²) in [6.45, 7) is 21.6. The minimum Gasteiger partial charge on any atom is -0.416 e. The molecule has 1 rings (SSSR count). The smallest absolute Gasteiger partial charge is 0.416 e. The summed E-state index contributed by atoms with van der Waals surface area (Å²) in [5, 5.41) is 10.7. The molecule has 0 aromatic carbocycles. The van der Waals surface area contributed by atoms with Crippen molar-refractivity contribution in [3.8, 4) is 0 Å². The summed E-state index contributed by atoms with van der Waals surface area (Å²) in [6, 6.07) is -0.689. The highest BCUT2D eigenvalue weighted by Crippen LogP contribution is 2.39. The van der Waals surface area contributed by atoms with Crippen LogP contribution in [0.5, 0.6) is 0 Å². The van der Waals surface area contributed by atoms with E-state index in [1.165, 1.54) is 0 Å². The van der Waals surface area contributed by atoms with Crippen LogP contribution in [-0.4, -0.2) is 44.4 Å². The van der Waals surface area contributed by atoms with Crippen LogP contribution in [0.2, 0.25) is 18.1 Å². The minimum atomic E-state index is -1.80. The Balaban J connectivity index is 2.63. The SMILES string of the molecule is C[C@H](CO[Si](C)(C)C(C)(C)C)[C@H](O)B1OC(C)(C)C(C)(C)O1. The second kappa shape index (κ2) is 6.21. The van der Waals surface area contributed by atoms with Gasteiger partial charge in [0.15, 0.2) is 8.32 Å². The van der Waals surface area contributed by atoms with Crippen LogP contribution in [0.15, 0.2) is 0 Å². The molecular weight excluding hydrogens is 295 g/mol. The second-order valence-corrected chi connectivity index (χ2v) is 14.0. The Kier molecular flexibility index (Phi) is 5.69. The van der Waals surface area contributed by atoms with Crippen molar-refractivity contribution in [2.24, 2.45) is 5.92 Å². The van der Waals surface area contributed by atoms with Crippen LogP contribution < -0.4 is 0 Å². The summed E-state index contributed by atoms with van der Waals surface area (Å²) in [7, 11) is -2.40. The van der Waals surface area contributed by atoms with E-state index >= 15 is 0 Å². The van der Waals surface area contributed by atoms with Gasteiger partial charge >= 0.3 is 7.12 Å². The van der Waals surface area contributed by atoms with Crippen molar-refractivity contribution in [3.63, 3.8) is 0 Å². The minimum absolute atomic E-state index is 0.0381. The third-order valence-corrected chi connectivity index (χ3v) is 10.1. The fourth-order valence-electron chi connectivity index (χ4n) is 1.95. The summed E-state index contributed by atoms with van der Waals surface area (Å²) in [4.78, 5) is 0. The van der Waals surface area contributed by atoms with Gasteiger partial charge in [0.2, 0.25) is 0 Å². The molecule has 0 bridgehead atoms. The molecule has 1 N–H and O–H groups in total. The Morgan fingerprint density at radius 3 is 1.86 bits per heavy atom. The van der Waals surface area contributed by atoms with E-state index in [1.54, 1.807) is 0 Å². The zero-order chi connectivity index (χ0) is 17.6. The highest BCUT2D eigenvalue weighted by atomic mass is 28.4. The molecule has 0 spiro atoms. The van der Waals surface area contributed by atoms with E-state index in [1.807, 2.05) is 34.6 Å². The molecule has 0 radical (unpaired) electrons. The Morgan fingerprint density at radius 2 is 1.50 bits per heavy atom. The molecule has 2 atom stereocenters. The topological polar surface area (TPSA) is 47.9 Å². The molecule has 0 aromatic rings. The normalized spacial score (nSPS) is 24.4. The van der Waals surface area contributed by atoms with Crippen LogP contribution in [-0.2, 0) is 13.7 Å². The van der Waals surface area contributed by atoms with Gasteiger partial charge in [0, 0.05) is 12.5 Å². The monoisotopic (exact) mass is 330 g/mol. The van der Waals surface area contributed by atoms with Gasteiger partial charge in [-0.3, -0.25) is 0 Å². The zero-order valence-corrected chi connectivity index (χ0v) is 17.1. The molecule has 6 heteroatoms. The lowest BCUT2D eigenvalue weighted by Crippen LogP contribution is -2.45. The van der Waals surface area contributed by atoms with Gasteiger partial charge in [-0.2, -0.15) is 0 Å². The first-order valence-electron chi connectivity index (χ1n) is 8.28. The molecule has 1 aliphatic rings. The largest absolute Gasteiger partial charge is 0.489 e. The molecule has 0 aliphatic carbocycles. The fraction of sp³-hybridized carbons (Fsp3) is 1.00. The molecule has 130 valence electrons. The highest BCUT2D eigenvalue weighted by Gasteiger charge is 2.54. The predicted molar refractivity (Wildman–Crippen MR) is 94.4 cm³/mol. The van der Waals surface area contributed by atoms with Gasteiger partial charge in [-0.05, 0) is 45.8 Å².